The molecular weight excluding hydrogens is 372 g/mol. The molecule has 9 nitrogen and oxygen atoms in total. The van der Waals surface area contributed by atoms with Gasteiger partial charge in [0, 0.05) is 19.8 Å². The van der Waals surface area contributed by atoms with Crippen molar-refractivity contribution in [3.05, 3.63) is 75.1 Å². The predicted molar refractivity (Wildman–Crippen MR) is 109 cm³/mol. The Bertz CT molecular complexity index is 1570. The molecule has 2 N–H and O–H groups in total. The van der Waals surface area contributed by atoms with Gasteiger partial charge in [-0.05, 0) is 30.3 Å². The van der Waals surface area contributed by atoms with Gasteiger partial charge in [0.25, 0.3) is 11.5 Å². The number of H-pyrrole nitrogens is 1. The molecule has 29 heavy (non-hydrogen) atoms. The Hall–Kier alpha value is -4.14. The van der Waals surface area contributed by atoms with Gasteiger partial charge in [-0.15, -0.1) is 0 Å². The summed E-state index contributed by atoms with van der Waals surface area (Å²) < 4.78 is 4.60. The minimum atomic E-state index is -0.411. The van der Waals surface area contributed by atoms with E-state index in [4.69, 9.17) is 0 Å². The van der Waals surface area contributed by atoms with Crippen molar-refractivity contribution in [3.8, 4) is 0 Å². The highest BCUT2D eigenvalue weighted by Gasteiger charge is 2.17. The molecule has 9 heteroatoms. The van der Waals surface area contributed by atoms with Gasteiger partial charge in [0.15, 0.2) is 0 Å². The van der Waals surface area contributed by atoms with Gasteiger partial charge in [-0.25, -0.2) is 9.31 Å². The molecule has 3 heterocycles. The lowest BCUT2D eigenvalue weighted by atomic mass is 10.2. The number of aromatic nitrogens is 5. The second-order valence-electron chi connectivity index (χ2n) is 6.85. The molecule has 0 fully saturated rings. The van der Waals surface area contributed by atoms with Crippen LogP contribution in [0.25, 0.3) is 27.6 Å². The normalized spacial score (nSPS) is 11.5. The van der Waals surface area contributed by atoms with Crippen LogP contribution < -0.4 is 16.6 Å². The van der Waals surface area contributed by atoms with Crippen molar-refractivity contribution in [2.24, 2.45) is 14.1 Å². The fourth-order valence-electron chi connectivity index (χ4n) is 3.63. The number of para-hydroxylation sites is 1. The van der Waals surface area contributed by atoms with Crippen molar-refractivity contribution >= 4 is 39.2 Å². The van der Waals surface area contributed by atoms with Crippen LogP contribution >= 0.6 is 0 Å². The lowest BCUT2D eigenvalue weighted by molar-refractivity contribution is 0.102. The van der Waals surface area contributed by atoms with Crippen LogP contribution in [0.2, 0.25) is 0 Å². The Morgan fingerprint density at radius 2 is 1.76 bits per heavy atom. The van der Waals surface area contributed by atoms with E-state index in [0.29, 0.717) is 27.8 Å². The van der Waals surface area contributed by atoms with Gasteiger partial charge in [0.1, 0.15) is 11.2 Å². The first-order valence-electron chi connectivity index (χ1n) is 8.91. The van der Waals surface area contributed by atoms with E-state index in [1.54, 1.807) is 55.1 Å². The number of aromatic amines is 1. The van der Waals surface area contributed by atoms with Crippen molar-refractivity contribution in [1.82, 2.24) is 23.7 Å². The highest BCUT2D eigenvalue weighted by atomic mass is 16.2. The fraction of sp³-hybridized carbons (Fsp3) is 0.100. The lowest BCUT2D eigenvalue weighted by Gasteiger charge is -2.06. The molecule has 0 bridgehead atoms. The Morgan fingerprint density at radius 3 is 2.59 bits per heavy atom. The number of imidazole rings is 1. The highest BCUT2D eigenvalue weighted by molar-refractivity contribution is 6.09. The topological polar surface area (TPSA) is 106 Å². The zero-order valence-corrected chi connectivity index (χ0v) is 15.6. The standard InChI is InChI=1S/C20H16N6O3/c1-24-15-8-7-11(9-16(15)25(2)20(24)29)22-19(28)13-10-21-26-14-6-4-3-5-12(14)18(27)23-17(13)26/h3-10H,1-2H3,(H,22,28)(H,23,27). The first-order valence-corrected chi connectivity index (χ1v) is 8.91. The SMILES string of the molecule is Cn1c(=O)n(C)c2cc(NC(=O)c3cnn4c3[nH]c(=O)c3ccccc34)ccc21. The van der Waals surface area contributed by atoms with E-state index in [0.717, 1.165) is 5.52 Å². The molecule has 0 aliphatic carbocycles. The minimum Gasteiger partial charge on any atom is -0.322 e. The van der Waals surface area contributed by atoms with Gasteiger partial charge in [0.2, 0.25) is 0 Å². The van der Waals surface area contributed by atoms with Crippen molar-refractivity contribution in [2.75, 3.05) is 5.32 Å². The Morgan fingerprint density at radius 1 is 1.00 bits per heavy atom. The van der Waals surface area contributed by atoms with Crippen LogP contribution in [0.3, 0.4) is 0 Å². The number of carbonyl (C=O) groups is 1. The van der Waals surface area contributed by atoms with E-state index in [1.807, 2.05) is 6.07 Å². The summed E-state index contributed by atoms with van der Waals surface area (Å²) in [6.45, 7) is 0. The Kier molecular flexibility index (Phi) is 3.47. The van der Waals surface area contributed by atoms with E-state index in [-0.39, 0.29) is 16.8 Å². The van der Waals surface area contributed by atoms with Gasteiger partial charge in [-0.3, -0.25) is 18.7 Å². The minimum absolute atomic E-state index is 0.143. The van der Waals surface area contributed by atoms with Crippen molar-refractivity contribution < 1.29 is 4.79 Å². The number of hydrogen-bond donors (Lipinski definition) is 2. The maximum atomic E-state index is 12.9. The second-order valence-corrected chi connectivity index (χ2v) is 6.85. The number of fused-ring (bicyclic) bond motifs is 4. The molecule has 3 aromatic heterocycles. The van der Waals surface area contributed by atoms with Gasteiger partial charge < -0.3 is 10.3 Å². The second kappa shape index (κ2) is 5.93. The zero-order chi connectivity index (χ0) is 20.3. The summed E-state index contributed by atoms with van der Waals surface area (Å²) in [6, 6.07) is 12.3. The van der Waals surface area contributed by atoms with E-state index in [9.17, 15) is 14.4 Å². The Labute approximate surface area is 162 Å². The van der Waals surface area contributed by atoms with Crippen molar-refractivity contribution in [3.63, 3.8) is 0 Å². The third kappa shape index (κ3) is 2.40. The summed E-state index contributed by atoms with van der Waals surface area (Å²) in [5, 5.41) is 7.57. The van der Waals surface area contributed by atoms with E-state index in [1.165, 1.54) is 15.3 Å². The van der Waals surface area contributed by atoms with Crippen molar-refractivity contribution in [1.29, 1.82) is 0 Å². The van der Waals surface area contributed by atoms with Gasteiger partial charge >= 0.3 is 5.69 Å². The maximum Gasteiger partial charge on any atom is 0.328 e. The number of carbonyl (C=O) groups excluding carboxylic acids is 1. The summed E-state index contributed by atoms with van der Waals surface area (Å²) >= 11 is 0. The molecule has 0 radical (unpaired) electrons. The number of hydrogen-bond acceptors (Lipinski definition) is 4. The van der Waals surface area contributed by atoms with Gasteiger partial charge in [0.05, 0.1) is 28.1 Å². The summed E-state index contributed by atoms with van der Waals surface area (Å²) in [4.78, 5) is 40.1. The quantitative estimate of drug-likeness (QED) is 0.479. The lowest BCUT2D eigenvalue weighted by Crippen LogP contribution is -2.19. The first kappa shape index (κ1) is 17.0. The molecule has 0 saturated carbocycles. The van der Waals surface area contributed by atoms with Crippen LogP contribution in [0, 0.1) is 0 Å². The molecule has 0 atom stereocenters. The van der Waals surface area contributed by atoms with Gasteiger partial charge in [-0.2, -0.15) is 5.10 Å². The van der Waals surface area contributed by atoms with Crippen molar-refractivity contribution in [2.45, 2.75) is 0 Å². The molecule has 1 amide bonds. The molecule has 5 rings (SSSR count). The van der Waals surface area contributed by atoms with Crippen LogP contribution in [0.1, 0.15) is 10.4 Å². The molecule has 5 aromatic rings. The maximum absolute atomic E-state index is 12.9. The largest absolute Gasteiger partial charge is 0.328 e. The van der Waals surface area contributed by atoms with Crippen LogP contribution in [0.4, 0.5) is 5.69 Å². The summed E-state index contributed by atoms with van der Waals surface area (Å²) in [5.74, 6) is -0.411. The average Bonchev–Trinajstić information content (AvgIpc) is 3.24. The van der Waals surface area contributed by atoms with Crippen LogP contribution in [-0.2, 0) is 14.1 Å². The van der Waals surface area contributed by atoms with Crippen LogP contribution in [-0.4, -0.2) is 29.6 Å². The average molecular weight is 388 g/mol. The Balaban J connectivity index is 1.59. The fourth-order valence-corrected chi connectivity index (χ4v) is 3.63. The zero-order valence-electron chi connectivity index (χ0n) is 15.6. The number of anilines is 1. The van der Waals surface area contributed by atoms with E-state index < -0.39 is 5.91 Å². The van der Waals surface area contributed by atoms with E-state index in [2.05, 4.69) is 15.4 Å². The third-order valence-electron chi connectivity index (χ3n) is 5.15. The first-order chi connectivity index (χ1) is 14.0. The van der Waals surface area contributed by atoms with Crippen LogP contribution in [0.5, 0.6) is 0 Å². The molecular formula is C20H16N6O3. The smallest absolute Gasteiger partial charge is 0.322 e. The molecule has 0 aliphatic heterocycles. The molecule has 0 unspecified atom stereocenters. The summed E-state index contributed by atoms with van der Waals surface area (Å²) in [7, 11) is 3.37. The number of nitrogens with one attached hydrogen (secondary N) is 2. The number of rotatable bonds is 2. The number of benzene rings is 2. The number of nitrogens with zero attached hydrogens (tertiary/aromatic N) is 4. The molecule has 144 valence electrons. The van der Waals surface area contributed by atoms with Gasteiger partial charge in [-0.1, -0.05) is 12.1 Å². The van der Waals surface area contributed by atoms with E-state index >= 15 is 0 Å². The number of amides is 1. The predicted octanol–water partition coefficient (Wildman–Crippen LogP) is 1.62. The number of aryl methyl sites for hydroxylation is 2. The molecule has 0 aliphatic rings. The highest BCUT2D eigenvalue weighted by Crippen LogP contribution is 2.20. The third-order valence-corrected chi connectivity index (χ3v) is 5.15. The monoisotopic (exact) mass is 388 g/mol. The van der Waals surface area contributed by atoms with Crippen LogP contribution in [0.15, 0.2) is 58.3 Å². The summed E-state index contributed by atoms with van der Waals surface area (Å²) in [6.07, 6.45) is 1.42. The summed E-state index contributed by atoms with van der Waals surface area (Å²) in [5.41, 5.74) is 2.75. The molecule has 2 aromatic carbocycles. The molecule has 0 spiro atoms. The molecule has 0 saturated heterocycles.